The molecule has 2 atom stereocenters. The zero-order valence-corrected chi connectivity index (χ0v) is 17.4. The van der Waals surface area contributed by atoms with Gasteiger partial charge in [0.2, 0.25) is 12.7 Å². The first-order chi connectivity index (χ1) is 15.7. The summed E-state index contributed by atoms with van der Waals surface area (Å²) >= 11 is 0. The molecule has 3 aromatic carbocycles. The molecule has 0 saturated carbocycles. The third-order valence-corrected chi connectivity index (χ3v) is 6.62. The van der Waals surface area contributed by atoms with Gasteiger partial charge in [0.25, 0.3) is 5.91 Å². The van der Waals surface area contributed by atoms with Gasteiger partial charge in [-0.15, -0.1) is 0 Å². The summed E-state index contributed by atoms with van der Waals surface area (Å²) in [6, 6.07) is 21.0. The third kappa shape index (κ3) is 2.94. The Morgan fingerprint density at radius 3 is 2.66 bits per heavy atom. The van der Waals surface area contributed by atoms with Crippen LogP contribution in [0.2, 0.25) is 0 Å². The molecule has 3 aromatic rings. The number of nitrogens with zero attached hydrogens (tertiary/aromatic N) is 1. The Morgan fingerprint density at radius 2 is 1.75 bits per heavy atom. The largest absolute Gasteiger partial charge is 0.454 e. The molecule has 0 saturated heterocycles. The first-order valence-electron chi connectivity index (χ1n) is 10.8. The van der Waals surface area contributed by atoms with E-state index in [2.05, 4.69) is 11.4 Å². The molecule has 0 fully saturated rings. The number of ether oxygens (including phenoxy) is 2. The molecule has 1 N–H and O–H groups in total. The van der Waals surface area contributed by atoms with Crippen LogP contribution in [0.15, 0.2) is 66.7 Å². The zero-order valence-electron chi connectivity index (χ0n) is 17.4. The summed E-state index contributed by atoms with van der Waals surface area (Å²) in [5.41, 5.74) is 4.60. The molecule has 160 valence electrons. The van der Waals surface area contributed by atoms with Crippen molar-refractivity contribution < 1.29 is 19.1 Å². The van der Waals surface area contributed by atoms with Crippen molar-refractivity contribution in [2.24, 2.45) is 0 Å². The van der Waals surface area contributed by atoms with E-state index in [-0.39, 0.29) is 24.6 Å². The summed E-state index contributed by atoms with van der Waals surface area (Å²) in [4.78, 5) is 28.8. The Bertz CT molecular complexity index is 1240. The second-order valence-corrected chi connectivity index (χ2v) is 8.36. The first kappa shape index (κ1) is 18.9. The highest BCUT2D eigenvalue weighted by Gasteiger charge is 2.46. The topological polar surface area (TPSA) is 67.9 Å². The number of hydrogen-bond acceptors (Lipinski definition) is 4. The molecule has 6 nitrogen and oxygen atoms in total. The van der Waals surface area contributed by atoms with Crippen molar-refractivity contribution in [1.82, 2.24) is 10.2 Å². The average molecular weight is 426 g/mol. The number of amides is 2. The van der Waals surface area contributed by atoms with Crippen LogP contribution in [0.25, 0.3) is 0 Å². The van der Waals surface area contributed by atoms with Crippen LogP contribution in [0.4, 0.5) is 0 Å². The summed E-state index contributed by atoms with van der Waals surface area (Å²) in [5.74, 6) is 0.848. The van der Waals surface area contributed by atoms with Gasteiger partial charge in [-0.25, -0.2) is 0 Å². The molecule has 3 aliphatic rings. The van der Waals surface area contributed by atoms with Crippen molar-refractivity contribution >= 4 is 11.8 Å². The van der Waals surface area contributed by atoms with Gasteiger partial charge in [-0.05, 0) is 46.9 Å². The van der Waals surface area contributed by atoms with Crippen LogP contribution in [0.1, 0.15) is 44.6 Å². The summed E-state index contributed by atoms with van der Waals surface area (Å²) < 4.78 is 10.8. The van der Waals surface area contributed by atoms with E-state index in [4.69, 9.17) is 9.47 Å². The summed E-state index contributed by atoms with van der Waals surface area (Å²) in [6.45, 7) is 1.20. The second-order valence-electron chi connectivity index (χ2n) is 8.36. The molecule has 0 aliphatic carbocycles. The summed E-state index contributed by atoms with van der Waals surface area (Å²) in [6.07, 6.45) is 0.798. The highest BCUT2D eigenvalue weighted by molar-refractivity contribution is 6.01. The molecular formula is C26H22N2O4. The van der Waals surface area contributed by atoms with E-state index >= 15 is 0 Å². The monoisotopic (exact) mass is 426 g/mol. The van der Waals surface area contributed by atoms with Crippen LogP contribution in [0.5, 0.6) is 11.5 Å². The summed E-state index contributed by atoms with van der Waals surface area (Å²) in [7, 11) is 0. The summed E-state index contributed by atoms with van der Waals surface area (Å²) in [5, 5.41) is 3.11. The van der Waals surface area contributed by atoms with Crippen molar-refractivity contribution in [3.63, 3.8) is 0 Å². The number of nitrogens with one attached hydrogen (secondary N) is 1. The number of carbonyl (C=O) groups excluding carboxylic acids is 2. The minimum atomic E-state index is -0.473. The molecule has 32 heavy (non-hydrogen) atoms. The lowest BCUT2D eigenvalue weighted by atomic mass is 9.76. The van der Waals surface area contributed by atoms with E-state index < -0.39 is 5.92 Å². The van der Waals surface area contributed by atoms with E-state index in [1.54, 1.807) is 0 Å². The molecule has 3 aliphatic heterocycles. The molecule has 0 spiro atoms. The van der Waals surface area contributed by atoms with Crippen LogP contribution >= 0.6 is 0 Å². The van der Waals surface area contributed by atoms with Crippen molar-refractivity contribution in [2.45, 2.75) is 24.9 Å². The van der Waals surface area contributed by atoms with Crippen molar-refractivity contribution in [1.29, 1.82) is 0 Å². The van der Waals surface area contributed by atoms with Gasteiger partial charge in [-0.2, -0.15) is 0 Å². The molecule has 0 aromatic heterocycles. The quantitative estimate of drug-likeness (QED) is 0.695. The number of carbonyl (C=O) groups is 2. The van der Waals surface area contributed by atoms with Gasteiger partial charge in [0.1, 0.15) is 0 Å². The highest BCUT2D eigenvalue weighted by Crippen LogP contribution is 2.46. The van der Waals surface area contributed by atoms with E-state index in [0.717, 1.165) is 23.1 Å². The number of fused-ring (bicyclic) bond motifs is 5. The van der Waals surface area contributed by atoms with E-state index in [1.807, 2.05) is 65.6 Å². The van der Waals surface area contributed by atoms with Gasteiger partial charge in [0.05, 0.1) is 12.0 Å². The minimum absolute atomic E-state index is 0.0000704. The van der Waals surface area contributed by atoms with Crippen molar-refractivity contribution in [3.8, 4) is 11.5 Å². The average Bonchev–Trinajstić information content (AvgIpc) is 3.31. The maximum Gasteiger partial charge on any atom is 0.254 e. The fourth-order valence-corrected chi connectivity index (χ4v) is 5.11. The molecule has 3 heterocycles. The maximum atomic E-state index is 13.6. The van der Waals surface area contributed by atoms with E-state index in [1.165, 1.54) is 5.56 Å². The highest BCUT2D eigenvalue weighted by atomic mass is 16.7. The van der Waals surface area contributed by atoms with E-state index in [9.17, 15) is 9.59 Å². The van der Waals surface area contributed by atoms with Crippen LogP contribution in [-0.2, 0) is 17.8 Å². The molecule has 0 radical (unpaired) electrons. The van der Waals surface area contributed by atoms with Crippen LogP contribution in [0, 0.1) is 0 Å². The third-order valence-electron chi connectivity index (χ3n) is 6.62. The first-order valence-corrected chi connectivity index (χ1v) is 10.8. The molecule has 6 heteroatoms. The van der Waals surface area contributed by atoms with Gasteiger partial charge in [0, 0.05) is 18.7 Å². The normalized spacial score (nSPS) is 20.2. The van der Waals surface area contributed by atoms with Gasteiger partial charge >= 0.3 is 0 Å². The predicted molar refractivity (Wildman–Crippen MR) is 118 cm³/mol. The Hall–Kier alpha value is -3.80. The van der Waals surface area contributed by atoms with Crippen molar-refractivity contribution in [2.75, 3.05) is 13.3 Å². The molecule has 2 amide bonds. The Labute approximate surface area is 185 Å². The second kappa shape index (κ2) is 7.41. The van der Waals surface area contributed by atoms with Gasteiger partial charge in [0.15, 0.2) is 11.5 Å². The number of benzene rings is 3. The van der Waals surface area contributed by atoms with Gasteiger partial charge < -0.3 is 19.7 Å². The molecule has 0 unspecified atom stereocenters. The standard InChI is InChI=1S/C26H22N2O4/c29-25(27-14-16-9-10-21-22(13-16)32-15-31-21)23-19-7-3-4-8-20(19)26(30)28-12-11-17-5-1-2-6-18(17)24(23)28/h1-10,13,23-24H,11-12,14-15H2,(H,27,29)/t23-,24-/m1/s1. The van der Waals surface area contributed by atoms with Crippen LogP contribution < -0.4 is 14.8 Å². The lowest BCUT2D eigenvalue weighted by molar-refractivity contribution is -0.124. The molecule has 6 rings (SSSR count). The lowest BCUT2D eigenvalue weighted by Gasteiger charge is -2.45. The van der Waals surface area contributed by atoms with E-state index in [0.29, 0.717) is 30.2 Å². The zero-order chi connectivity index (χ0) is 21.7. The van der Waals surface area contributed by atoms with Crippen molar-refractivity contribution in [3.05, 3.63) is 94.5 Å². The predicted octanol–water partition coefficient (Wildman–Crippen LogP) is 3.57. The van der Waals surface area contributed by atoms with Gasteiger partial charge in [-0.1, -0.05) is 48.5 Å². The Morgan fingerprint density at radius 1 is 0.969 bits per heavy atom. The SMILES string of the molecule is O=C(NCc1ccc2c(c1)OCO2)[C@@H]1c2ccccc2C(=O)N2CCc3ccccc3[C@H]12. The fraction of sp³-hybridized carbons (Fsp3) is 0.231. The number of rotatable bonds is 3. The molecule has 0 bridgehead atoms. The Kier molecular flexibility index (Phi) is 4.38. The lowest BCUT2D eigenvalue weighted by Crippen LogP contribution is -2.50. The number of hydrogen-bond donors (Lipinski definition) is 1. The molecular weight excluding hydrogens is 404 g/mol. The van der Waals surface area contributed by atoms with Gasteiger partial charge in [-0.3, -0.25) is 9.59 Å². The smallest absolute Gasteiger partial charge is 0.254 e. The van der Waals surface area contributed by atoms with Crippen LogP contribution in [-0.4, -0.2) is 30.1 Å². The fourth-order valence-electron chi connectivity index (χ4n) is 5.11. The maximum absolute atomic E-state index is 13.6. The van der Waals surface area contributed by atoms with Crippen LogP contribution in [0.3, 0.4) is 0 Å². The Balaban J connectivity index is 1.35. The minimum Gasteiger partial charge on any atom is -0.454 e.